The molecule has 1 aliphatic carbocycles. The van der Waals surface area contributed by atoms with Crippen LogP contribution in [0.4, 0.5) is 14.6 Å². The smallest absolute Gasteiger partial charge is 0.387 e. The average Bonchev–Trinajstić information content (AvgIpc) is 3.50. The van der Waals surface area contributed by atoms with Crippen LogP contribution in [0.25, 0.3) is 16.9 Å². The van der Waals surface area contributed by atoms with Crippen molar-refractivity contribution < 1.29 is 27.8 Å². The fraction of sp³-hybridized carbons (Fsp3) is 0.391. The zero-order valence-corrected chi connectivity index (χ0v) is 18.6. The number of halogens is 2. The highest BCUT2D eigenvalue weighted by Gasteiger charge is 2.40. The molecule has 0 saturated heterocycles. The molecule has 0 bridgehead atoms. The molecule has 9 nitrogen and oxygen atoms in total. The molecule has 3 heterocycles. The normalized spacial score (nSPS) is 16.3. The van der Waals surface area contributed by atoms with Crippen molar-refractivity contribution in [2.45, 2.75) is 45.9 Å². The Morgan fingerprint density at radius 2 is 2.09 bits per heavy atom. The number of ether oxygens (including phenoxy) is 2. The van der Waals surface area contributed by atoms with E-state index in [0.717, 1.165) is 12.8 Å². The summed E-state index contributed by atoms with van der Waals surface area (Å²) in [6.07, 6.45) is 3.66. The number of nitrogens with zero attached hydrogens (tertiary/aromatic N) is 4. The van der Waals surface area contributed by atoms with E-state index in [-0.39, 0.29) is 46.9 Å². The number of fused-ring (bicyclic) bond motifs is 2. The van der Waals surface area contributed by atoms with Gasteiger partial charge in [0.25, 0.3) is 5.91 Å². The maximum absolute atomic E-state index is 13.2. The average molecular weight is 471 g/mol. The Bertz CT molecular complexity index is 1300. The number of hydrogen-bond acceptors (Lipinski definition) is 7. The van der Waals surface area contributed by atoms with Crippen LogP contribution < -0.4 is 10.5 Å². The number of anilines is 1. The van der Waals surface area contributed by atoms with E-state index in [1.54, 1.807) is 30.2 Å². The van der Waals surface area contributed by atoms with Crippen molar-refractivity contribution in [1.82, 2.24) is 19.5 Å². The second-order valence-electron chi connectivity index (χ2n) is 8.46. The third-order valence-electron chi connectivity index (χ3n) is 6.30. The Kier molecular flexibility index (Phi) is 5.34. The number of esters is 1. The number of carbonyl (C=O) groups excluding carboxylic acids is 2. The lowest BCUT2D eigenvalue weighted by Gasteiger charge is -2.24. The first kappa shape index (κ1) is 22.1. The predicted molar refractivity (Wildman–Crippen MR) is 117 cm³/mol. The highest BCUT2D eigenvalue weighted by molar-refractivity contribution is 6.02. The Labute approximate surface area is 193 Å². The van der Waals surface area contributed by atoms with E-state index < -0.39 is 12.6 Å². The van der Waals surface area contributed by atoms with Gasteiger partial charge in [-0.05, 0) is 56.4 Å². The quantitative estimate of drug-likeness (QED) is 0.525. The lowest BCUT2D eigenvalue weighted by atomic mass is 10.0. The summed E-state index contributed by atoms with van der Waals surface area (Å²) in [6, 6.07) is 4.74. The van der Waals surface area contributed by atoms with Crippen LogP contribution in [0.15, 0.2) is 24.4 Å². The third-order valence-corrected chi connectivity index (χ3v) is 6.30. The molecule has 2 N–H and O–H groups in total. The topological polar surface area (TPSA) is 112 Å². The number of nitrogens with two attached hydrogens (primary N) is 1. The maximum Gasteiger partial charge on any atom is 0.387 e. The van der Waals surface area contributed by atoms with Crippen molar-refractivity contribution in [2.24, 2.45) is 5.92 Å². The first-order valence-corrected chi connectivity index (χ1v) is 11.0. The monoisotopic (exact) mass is 471 g/mol. The van der Waals surface area contributed by atoms with Gasteiger partial charge in [-0.15, -0.1) is 5.10 Å². The van der Waals surface area contributed by atoms with E-state index in [2.05, 4.69) is 10.1 Å². The lowest BCUT2D eigenvalue weighted by molar-refractivity contribution is -0.0501. The van der Waals surface area contributed by atoms with E-state index >= 15 is 0 Å². The second kappa shape index (κ2) is 8.23. The number of aromatic nitrogens is 3. The van der Waals surface area contributed by atoms with Crippen LogP contribution in [0.5, 0.6) is 5.75 Å². The number of alkyl halides is 2. The molecule has 1 amide bonds. The predicted octanol–water partition coefficient (Wildman–Crippen LogP) is 3.51. The molecular weight excluding hydrogens is 448 g/mol. The summed E-state index contributed by atoms with van der Waals surface area (Å²) in [4.78, 5) is 31.7. The van der Waals surface area contributed by atoms with Gasteiger partial charge < -0.3 is 20.1 Å². The zero-order valence-electron chi connectivity index (χ0n) is 18.6. The molecular formula is C23H23F2N5O4. The van der Waals surface area contributed by atoms with Crippen molar-refractivity contribution >= 4 is 23.3 Å². The van der Waals surface area contributed by atoms with Crippen LogP contribution in [0.2, 0.25) is 0 Å². The summed E-state index contributed by atoms with van der Waals surface area (Å²) in [5.41, 5.74) is 7.66. The molecule has 0 unspecified atom stereocenters. The number of benzene rings is 1. The molecule has 178 valence electrons. The van der Waals surface area contributed by atoms with Crippen LogP contribution in [-0.2, 0) is 11.3 Å². The lowest BCUT2D eigenvalue weighted by Crippen LogP contribution is -2.34. The standard InChI is InChI=1S/C23H23F2N5O4/c1-3-33-22(32)18-19(26)28-30-7-6-15(27-20(18)30)13-8-14-10-29(11(2)12-4-5-12)21(31)17(14)16(9-13)34-23(24)25/h6-9,11-12,23H,3-5,10H2,1-2H3,(H2,26,28)/t11-/m0/s1. The summed E-state index contributed by atoms with van der Waals surface area (Å²) in [5, 5.41) is 4.08. The van der Waals surface area contributed by atoms with Gasteiger partial charge in [-0.25, -0.2) is 14.3 Å². The van der Waals surface area contributed by atoms with E-state index in [9.17, 15) is 18.4 Å². The van der Waals surface area contributed by atoms with E-state index in [1.807, 2.05) is 6.92 Å². The number of rotatable bonds is 7. The molecule has 1 atom stereocenters. The molecule has 2 aliphatic rings. The molecule has 3 aromatic rings. The summed E-state index contributed by atoms with van der Waals surface area (Å²) >= 11 is 0. The largest absolute Gasteiger partial charge is 0.462 e. The van der Waals surface area contributed by atoms with Gasteiger partial charge in [0.1, 0.15) is 11.3 Å². The molecule has 1 saturated carbocycles. The van der Waals surface area contributed by atoms with Gasteiger partial charge in [0.05, 0.1) is 17.9 Å². The van der Waals surface area contributed by atoms with Crippen molar-refractivity contribution in [1.29, 1.82) is 0 Å². The van der Waals surface area contributed by atoms with E-state index in [1.165, 1.54) is 10.6 Å². The molecule has 2 aromatic heterocycles. The van der Waals surface area contributed by atoms with Gasteiger partial charge >= 0.3 is 12.6 Å². The Morgan fingerprint density at radius 3 is 2.76 bits per heavy atom. The summed E-state index contributed by atoms with van der Waals surface area (Å²) < 4.78 is 37.6. The van der Waals surface area contributed by atoms with Gasteiger partial charge in [-0.2, -0.15) is 8.78 Å². The van der Waals surface area contributed by atoms with E-state index in [4.69, 9.17) is 15.2 Å². The highest BCUT2D eigenvalue weighted by Crippen LogP contribution is 2.42. The molecule has 0 radical (unpaired) electrons. The van der Waals surface area contributed by atoms with Crippen LogP contribution in [0.3, 0.4) is 0 Å². The first-order valence-electron chi connectivity index (χ1n) is 11.0. The molecule has 1 aromatic carbocycles. The number of carbonyl (C=O) groups is 2. The minimum Gasteiger partial charge on any atom is -0.462 e. The maximum atomic E-state index is 13.2. The fourth-order valence-electron chi connectivity index (χ4n) is 4.44. The van der Waals surface area contributed by atoms with Gasteiger partial charge in [-0.3, -0.25) is 4.79 Å². The number of hydrogen-bond donors (Lipinski definition) is 1. The van der Waals surface area contributed by atoms with Crippen LogP contribution in [0.1, 0.15) is 53.0 Å². The van der Waals surface area contributed by atoms with Gasteiger partial charge in [-0.1, -0.05) is 0 Å². The Balaban J connectivity index is 1.60. The molecule has 11 heteroatoms. The van der Waals surface area contributed by atoms with Crippen LogP contribution in [-0.4, -0.2) is 50.6 Å². The minimum atomic E-state index is -3.09. The highest BCUT2D eigenvalue weighted by atomic mass is 19.3. The van der Waals surface area contributed by atoms with Crippen molar-refractivity contribution in [2.75, 3.05) is 12.3 Å². The SMILES string of the molecule is CCOC(=O)c1c(N)nn2ccc(-c3cc4c(c(OC(F)F)c3)C(=O)N([C@@H](C)C3CC3)C4)nc12. The first-order chi connectivity index (χ1) is 16.3. The summed E-state index contributed by atoms with van der Waals surface area (Å²) in [6.45, 7) is 1.00. The van der Waals surface area contributed by atoms with Crippen molar-refractivity contribution in [3.8, 4) is 17.0 Å². The Hall–Kier alpha value is -3.76. The van der Waals surface area contributed by atoms with Crippen molar-refractivity contribution in [3.63, 3.8) is 0 Å². The molecule has 1 fully saturated rings. The van der Waals surface area contributed by atoms with Gasteiger partial charge in [0.15, 0.2) is 11.5 Å². The second-order valence-corrected chi connectivity index (χ2v) is 8.46. The fourth-order valence-corrected chi connectivity index (χ4v) is 4.44. The minimum absolute atomic E-state index is 0.0131. The zero-order chi connectivity index (χ0) is 24.1. The van der Waals surface area contributed by atoms with Crippen LogP contribution >= 0.6 is 0 Å². The third kappa shape index (κ3) is 3.70. The summed E-state index contributed by atoms with van der Waals surface area (Å²) in [5.74, 6) is -0.777. The van der Waals surface area contributed by atoms with Gasteiger partial charge in [0.2, 0.25) is 0 Å². The molecule has 0 spiro atoms. The van der Waals surface area contributed by atoms with Crippen molar-refractivity contribution in [3.05, 3.63) is 41.1 Å². The van der Waals surface area contributed by atoms with E-state index in [0.29, 0.717) is 29.3 Å². The van der Waals surface area contributed by atoms with Crippen LogP contribution in [0, 0.1) is 5.92 Å². The molecule has 5 rings (SSSR count). The number of nitrogen functional groups attached to an aromatic ring is 1. The number of amides is 1. The molecule has 34 heavy (non-hydrogen) atoms. The molecule has 1 aliphatic heterocycles. The van der Waals surface area contributed by atoms with Gasteiger partial charge in [0, 0.05) is 24.3 Å². The Morgan fingerprint density at radius 1 is 1.32 bits per heavy atom. The summed E-state index contributed by atoms with van der Waals surface area (Å²) in [7, 11) is 0.